The lowest BCUT2D eigenvalue weighted by Gasteiger charge is -2.14. The van der Waals surface area contributed by atoms with Crippen molar-refractivity contribution in [3.05, 3.63) is 41.2 Å². The van der Waals surface area contributed by atoms with Crippen LogP contribution >= 0.6 is 11.3 Å². The van der Waals surface area contributed by atoms with E-state index in [2.05, 4.69) is 11.6 Å². The quantitative estimate of drug-likeness (QED) is 0.419. The summed E-state index contributed by atoms with van der Waals surface area (Å²) in [7, 11) is -3.94. The van der Waals surface area contributed by atoms with Crippen molar-refractivity contribution in [3.63, 3.8) is 0 Å². The van der Waals surface area contributed by atoms with Gasteiger partial charge < -0.3 is 14.2 Å². The zero-order valence-electron chi connectivity index (χ0n) is 17.8. The van der Waals surface area contributed by atoms with Gasteiger partial charge in [-0.1, -0.05) is 17.4 Å². The van der Waals surface area contributed by atoms with Crippen LogP contribution in [0.5, 0.6) is 0 Å². The molecule has 3 rings (SSSR count). The molecule has 2 aromatic rings. The number of likely N-dealkylation sites (tertiary alicyclic amines) is 1. The number of nitrogens with zero attached hydrogens (tertiary/aromatic N) is 3. The maximum absolute atomic E-state index is 12.4. The molecule has 2 amide bonds. The van der Waals surface area contributed by atoms with Crippen molar-refractivity contribution in [3.8, 4) is 0 Å². The molecule has 0 saturated carbocycles. The number of thiazole rings is 1. The molecule has 0 aliphatic carbocycles. The van der Waals surface area contributed by atoms with Crippen LogP contribution in [0, 0.1) is 0 Å². The molecule has 2 heterocycles. The number of aromatic nitrogens is 1. The van der Waals surface area contributed by atoms with E-state index in [-0.39, 0.29) is 11.4 Å². The minimum Gasteiger partial charge on any atom is -0.462 e. The van der Waals surface area contributed by atoms with Gasteiger partial charge >= 0.3 is 5.97 Å². The second-order valence-corrected chi connectivity index (χ2v) is 10.4. The minimum atomic E-state index is -3.94. The summed E-state index contributed by atoms with van der Waals surface area (Å²) >= 11 is 1.15. The van der Waals surface area contributed by atoms with Gasteiger partial charge in [-0.05, 0) is 38.0 Å². The van der Waals surface area contributed by atoms with Crippen LogP contribution in [0.1, 0.15) is 30.1 Å². The maximum atomic E-state index is 12.4. The van der Waals surface area contributed by atoms with Crippen molar-refractivity contribution in [2.45, 2.75) is 26.3 Å². The largest absolute Gasteiger partial charge is 0.462 e. The molecule has 0 unspecified atom stereocenters. The van der Waals surface area contributed by atoms with E-state index >= 15 is 0 Å². The zero-order valence-corrected chi connectivity index (χ0v) is 19.4. The number of carbonyl (C=O) groups excluding carboxylic acids is 3. The molecule has 32 heavy (non-hydrogen) atoms. The van der Waals surface area contributed by atoms with E-state index in [1.165, 1.54) is 4.90 Å². The molecule has 11 heteroatoms. The second-order valence-electron chi connectivity index (χ2n) is 7.31. The summed E-state index contributed by atoms with van der Waals surface area (Å²) in [6.07, 6.45) is 3.33. The van der Waals surface area contributed by atoms with Gasteiger partial charge in [0.15, 0.2) is 14.6 Å². The Kier molecular flexibility index (Phi) is 7.62. The van der Waals surface area contributed by atoms with Crippen LogP contribution in [-0.2, 0) is 30.7 Å². The standard InChI is InChI=1S/C21H25N3O6S2/c1-3-9-24-16-8-7-15(20(27)30-4-2)12-17(16)31-21(24)22-18(25)13-32(28,29)14-19(26)23-10-5-6-11-23/h3,7-8,12H,1,4-6,9-11,13-14H2,2H3. The molecule has 1 aliphatic rings. The molecule has 1 fully saturated rings. The van der Waals surface area contributed by atoms with Crippen LogP contribution in [-0.4, -0.2) is 66.9 Å². The molecule has 172 valence electrons. The van der Waals surface area contributed by atoms with Crippen molar-refractivity contribution in [2.24, 2.45) is 4.99 Å². The van der Waals surface area contributed by atoms with E-state index in [0.29, 0.717) is 29.9 Å². The molecule has 0 radical (unpaired) electrons. The van der Waals surface area contributed by atoms with E-state index < -0.39 is 39.1 Å². The van der Waals surface area contributed by atoms with Gasteiger partial charge in [-0.15, -0.1) is 6.58 Å². The Morgan fingerprint density at radius 2 is 1.94 bits per heavy atom. The first kappa shape index (κ1) is 23.9. The molecule has 0 atom stereocenters. The van der Waals surface area contributed by atoms with Crippen LogP contribution in [0.2, 0.25) is 0 Å². The number of ether oxygens (including phenoxy) is 1. The molecular formula is C21H25N3O6S2. The Labute approximate surface area is 189 Å². The maximum Gasteiger partial charge on any atom is 0.338 e. The zero-order chi connectivity index (χ0) is 23.3. The number of hydrogen-bond donors (Lipinski definition) is 0. The van der Waals surface area contributed by atoms with Crippen LogP contribution in [0.3, 0.4) is 0 Å². The second kappa shape index (κ2) is 10.2. The normalized spacial score (nSPS) is 14.7. The summed E-state index contributed by atoms with van der Waals surface area (Å²) in [5.41, 5.74) is 1.09. The van der Waals surface area contributed by atoms with Crippen molar-refractivity contribution >= 4 is 49.2 Å². The van der Waals surface area contributed by atoms with Gasteiger partial charge in [0.05, 0.1) is 22.4 Å². The van der Waals surface area contributed by atoms with Gasteiger partial charge in [-0.25, -0.2) is 13.2 Å². The van der Waals surface area contributed by atoms with E-state index in [1.54, 1.807) is 35.8 Å². The number of benzene rings is 1. The van der Waals surface area contributed by atoms with Gasteiger partial charge in [0.1, 0.15) is 11.5 Å². The first-order valence-corrected chi connectivity index (χ1v) is 12.8. The van der Waals surface area contributed by atoms with E-state index in [1.807, 2.05) is 0 Å². The van der Waals surface area contributed by atoms with Crippen LogP contribution in [0.25, 0.3) is 10.2 Å². The van der Waals surface area contributed by atoms with Crippen molar-refractivity contribution in [1.82, 2.24) is 9.47 Å². The monoisotopic (exact) mass is 479 g/mol. The number of sulfone groups is 1. The third kappa shape index (κ3) is 5.71. The van der Waals surface area contributed by atoms with E-state index in [0.717, 1.165) is 29.7 Å². The third-order valence-electron chi connectivity index (χ3n) is 4.87. The van der Waals surface area contributed by atoms with Gasteiger partial charge in [-0.3, -0.25) is 9.59 Å². The smallest absolute Gasteiger partial charge is 0.338 e. The summed E-state index contributed by atoms with van der Waals surface area (Å²) in [6, 6.07) is 4.98. The summed E-state index contributed by atoms with van der Waals surface area (Å²) in [5, 5.41) is 0. The SMILES string of the molecule is C=CCn1c(=NC(=O)CS(=O)(=O)CC(=O)N2CCCC2)sc2cc(C(=O)OCC)ccc21. The lowest BCUT2D eigenvalue weighted by Crippen LogP contribution is -2.35. The Hall–Kier alpha value is -2.79. The van der Waals surface area contributed by atoms with E-state index in [4.69, 9.17) is 4.74 Å². The third-order valence-corrected chi connectivity index (χ3v) is 7.29. The Bertz CT molecular complexity index is 1220. The summed E-state index contributed by atoms with van der Waals surface area (Å²) < 4.78 is 32.1. The van der Waals surface area contributed by atoms with Crippen molar-refractivity contribution in [1.29, 1.82) is 0 Å². The number of allylic oxidation sites excluding steroid dienone is 1. The minimum absolute atomic E-state index is 0.252. The molecule has 1 aromatic carbocycles. The number of carbonyl (C=O) groups is 3. The summed E-state index contributed by atoms with van der Waals surface area (Å²) in [6.45, 7) is 7.11. The summed E-state index contributed by atoms with van der Waals surface area (Å²) in [4.78, 5) is 42.4. The van der Waals surface area contributed by atoms with Crippen molar-refractivity contribution < 1.29 is 27.5 Å². The molecule has 0 N–H and O–H groups in total. The predicted octanol–water partition coefficient (Wildman–Crippen LogP) is 1.53. The Morgan fingerprint density at radius 1 is 1.22 bits per heavy atom. The molecule has 1 saturated heterocycles. The highest BCUT2D eigenvalue weighted by Gasteiger charge is 2.26. The fourth-order valence-electron chi connectivity index (χ4n) is 3.43. The van der Waals surface area contributed by atoms with Crippen molar-refractivity contribution in [2.75, 3.05) is 31.2 Å². The van der Waals surface area contributed by atoms with E-state index in [9.17, 15) is 22.8 Å². The number of hydrogen-bond acceptors (Lipinski definition) is 7. The lowest BCUT2D eigenvalue weighted by atomic mass is 10.2. The average Bonchev–Trinajstić information content (AvgIpc) is 3.36. The highest BCUT2D eigenvalue weighted by Crippen LogP contribution is 2.20. The molecule has 9 nitrogen and oxygen atoms in total. The molecule has 0 bridgehead atoms. The van der Waals surface area contributed by atoms with Gasteiger partial charge in [-0.2, -0.15) is 4.99 Å². The molecular weight excluding hydrogens is 454 g/mol. The molecule has 1 aromatic heterocycles. The molecule has 0 spiro atoms. The number of esters is 1. The number of fused-ring (bicyclic) bond motifs is 1. The first-order valence-electron chi connectivity index (χ1n) is 10.2. The first-order chi connectivity index (χ1) is 15.2. The van der Waals surface area contributed by atoms with Crippen LogP contribution < -0.4 is 4.80 Å². The Morgan fingerprint density at radius 3 is 2.59 bits per heavy atom. The van der Waals surface area contributed by atoms with Gasteiger partial charge in [0.2, 0.25) is 5.91 Å². The van der Waals surface area contributed by atoms with Gasteiger partial charge in [0.25, 0.3) is 5.91 Å². The average molecular weight is 480 g/mol. The fraction of sp³-hybridized carbons (Fsp3) is 0.429. The van der Waals surface area contributed by atoms with Crippen LogP contribution in [0.4, 0.5) is 0 Å². The van der Waals surface area contributed by atoms with Gasteiger partial charge in [0, 0.05) is 19.6 Å². The lowest BCUT2D eigenvalue weighted by molar-refractivity contribution is -0.127. The highest BCUT2D eigenvalue weighted by atomic mass is 32.2. The summed E-state index contributed by atoms with van der Waals surface area (Å²) in [5.74, 6) is -3.33. The highest BCUT2D eigenvalue weighted by molar-refractivity contribution is 7.92. The van der Waals surface area contributed by atoms with Crippen LogP contribution in [0.15, 0.2) is 35.8 Å². The number of rotatable bonds is 8. The predicted molar refractivity (Wildman–Crippen MR) is 121 cm³/mol. The number of amides is 2. The molecule has 1 aliphatic heterocycles. The Balaban J connectivity index is 1.85. The fourth-order valence-corrected chi connectivity index (χ4v) is 5.63. The topological polar surface area (TPSA) is 115 Å².